The predicted octanol–water partition coefficient (Wildman–Crippen LogP) is 3.93. The van der Waals surface area contributed by atoms with Crippen LogP contribution in [0.5, 0.6) is 17.2 Å². The summed E-state index contributed by atoms with van der Waals surface area (Å²) in [6.45, 7) is 0. The number of ether oxygens (including phenoxy) is 1. The lowest BCUT2D eigenvalue weighted by molar-refractivity contribution is 0.374. The van der Waals surface area contributed by atoms with Gasteiger partial charge in [-0.05, 0) is 5.56 Å². The van der Waals surface area contributed by atoms with Gasteiger partial charge in [0.1, 0.15) is 5.75 Å². The Kier molecular flexibility index (Phi) is 2.95. The van der Waals surface area contributed by atoms with Gasteiger partial charge in [0.05, 0.1) is 12.7 Å². The molecule has 3 rings (SSSR count). The summed E-state index contributed by atoms with van der Waals surface area (Å²) in [6.07, 6.45) is 0. The van der Waals surface area contributed by atoms with Crippen LogP contribution >= 0.6 is 0 Å². The second kappa shape index (κ2) is 4.78. The van der Waals surface area contributed by atoms with E-state index in [1.54, 1.807) is 12.1 Å². The number of aromatic hydroxyl groups is 2. The first-order chi connectivity index (χ1) is 9.74. The van der Waals surface area contributed by atoms with E-state index in [0.717, 1.165) is 5.56 Å². The normalized spacial score (nSPS) is 10.7. The van der Waals surface area contributed by atoms with Crippen molar-refractivity contribution >= 4 is 10.8 Å². The first-order valence-electron chi connectivity index (χ1n) is 6.30. The highest BCUT2D eigenvalue weighted by Crippen LogP contribution is 2.49. The quantitative estimate of drug-likeness (QED) is 0.691. The highest BCUT2D eigenvalue weighted by atomic mass is 16.5. The molecule has 0 fully saturated rings. The van der Waals surface area contributed by atoms with Gasteiger partial charge in [-0.25, -0.2) is 0 Å². The fourth-order valence-electron chi connectivity index (χ4n) is 2.45. The zero-order valence-electron chi connectivity index (χ0n) is 11.0. The molecule has 0 aliphatic heterocycles. The molecule has 0 bridgehead atoms. The Morgan fingerprint density at radius 3 is 1.90 bits per heavy atom. The third kappa shape index (κ3) is 1.75. The van der Waals surface area contributed by atoms with Crippen molar-refractivity contribution in [3.63, 3.8) is 0 Å². The first kappa shape index (κ1) is 12.4. The van der Waals surface area contributed by atoms with Crippen LogP contribution in [0, 0.1) is 0 Å². The molecule has 0 radical (unpaired) electrons. The standard InChI is InChI=1S/C17H14O3/c1-20-17-14(11-7-3-2-4-8-11)15(18)12-9-5-6-10-13(12)16(17)19/h2-10,18-19H,1H3. The average Bonchev–Trinajstić information content (AvgIpc) is 2.51. The van der Waals surface area contributed by atoms with Crippen molar-refractivity contribution in [2.45, 2.75) is 0 Å². The molecule has 2 N–H and O–H groups in total. The van der Waals surface area contributed by atoms with Gasteiger partial charge in [-0.1, -0.05) is 54.6 Å². The van der Waals surface area contributed by atoms with Crippen molar-refractivity contribution in [2.24, 2.45) is 0 Å². The molecule has 0 amide bonds. The van der Waals surface area contributed by atoms with E-state index >= 15 is 0 Å². The molecule has 20 heavy (non-hydrogen) atoms. The van der Waals surface area contributed by atoms with E-state index in [0.29, 0.717) is 16.3 Å². The van der Waals surface area contributed by atoms with Crippen LogP contribution in [0.4, 0.5) is 0 Å². The minimum Gasteiger partial charge on any atom is -0.507 e. The third-order valence-corrected chi connectivity index (χ3v) is 3.38. The SMILES string of the molecule is COc1c(-c2ccccc2)c(O)c2ccccc2c1O. The molecule has 3 aromatic rings. The summed E-state index contributed by atoms with van der Waals surface area (Å²) >= 11 is 0. The largest absolute Gasteiger partial charge is 0.507 e. The highest BCUT2D eigenvalue weighted by Gasteiger charge is 2.20. The Bertz CT molecular complexity index is 764. The zero-order chi connectivity index (χ0) is 14.1. The monoisotopic (exact) mass is 266 g/mol. The number of rotatable bonds is 2. The van der Waals surface area contributed by atoms with E-state index in [-0.39, 0.29) is 17.2 Å². The van der Waals surface area contributed by atoms with Gasteiger partial charge < -0.3 is 14.9 Å². The van der Waals surface area contributed by atoms with Gasteiger partial charge in [0, 0.05) is 10.8 Å². The van der Waals surface area contributed by atoms with Gasteiger partial charge in [-0.3, -0.25) is 0 Å². The molecule has 3 nitrogen and oxygen atoms in total. The van der Waals surface area contributed by atoms with E-state index in [1.165, 1.54) is 7.11 Å². The van der Waals surface area contributed by atoms with E-state index in [1.807, 2.05) is 42.5 Å². The van der Waals surface area contributed by atoms with Crippen molar-refractivity contribution in [2.75, 3.05) is 7.11 Å². The molecule has 0 saturated carbocycles. The number of benzene rings is 3. The van der Waals surface area contributed by atoms with Crippen LogP contribution in [-0.2, 0) is 0 Å². The fourth-order valence-corrected chi connectivity index (χ4v) is 2.45. The van der Waals surface area contributed by atoms with Crippen LogP contribution in [0.2, 0.25) is 0 Å². The van der Waals surface area contributed by atoms with E-state index in [9.17, 15) is 10.2 Å². The van der Waals surface area contributed by atoms with Crippen LogP contribution < -0.4 is 4.74 Å². The molecule has 0 atom stereocenters. The average molecular weight is 266 g/mol. The molecule has 0 aromatic heterocycles. The number of hydrogen-bond donors (Lipinski definition) is 2. The highest BCUT2D eigenvalue weighted by molar-refractivity contribution is 6.02. The molecular weight excluding hydrogens is 252 g/mol. The van der Waals surface area contributed by atoms with Crippen LogP contribution in [-0.4, -0.2) is 17.3 Å². The van der Waals surface area contributed by atoms with Crippen molar-refractivity contribution in [3.8, 4) is 28.4 Å². The number of fused-ring (bicyclic) bond motifs is 1. The molecule has 0 aliphatic rings. The number of hydrogen-bond acceptors (Lipinski definition) is 3. The Morgan fingerprint density at radius 2 is 1.30 bits per heavy atom. The maximum absolute atomic E-state index is 10.5. The van der Waals surface area contributed by atoms with Gasteiger partial charge >= 0.3 is 0 Å². The van der Waals surface area contributed by atoms with Crippen molar-refractivity contribution in [1.29, 1.82) is 0 Å². The van der Waals surface area contributed by atoms with Gasteiger partial charge in [0.25, 0.3) is 0 Å². The second-order valence-electron chi connectivity index (χ2n) is 4.52. The topological polar surface area (TPSA) is 49.7 Å². The molecule has 0 heterocycles. The first-order valence-corrected chi connectivity index (χ1v) is 6.30. The molecule has 0 saturated heterocycles. The molecule has 100 valence electrons. The maximum atomic E-state index is 10.5. The Morgan fingerprint density at radius 1 is 0.750 bits per heavy atom. The van der Waals surface area contributed by atoms with Crippen molar-refractivity contribution in [3.05, 3.63) is 54.6 Å². The van der Waals surface area contributed by atoms with Crippen molar-refractivity contribution < 1.29 is 14.9 Å². The number of methoxy groups -OCH3 is 1. The van der Waals surface area contributed by atoms with Crippen LogP contribution in [0.25, 0.3) is 21.9 Å². The molecular formula is C17H14O3. The molecule has 0 spiro atoms. The lowest BCUT2D eigenvalue weighted by atomic mass is 9.97. The Balaban J connectivity index is 2.45. The van der Waals surface area contributed by atoms with Crippen LogP contribution in [0.15, 0.2) is 54.6 Å². The van der Waals surface area contributed by atoms with Crippen molar-refractivity contribution in [1.82, 2.24) is 0 Å². The van der Waals surface area contributed by atoms with E-state index < -0.39 is 0 Å². The van der Waals surface area contributed by atoms with Gasteiger partial charge in [0.15, 0.2) is 11.5 Å². The summed E-state index contributed by atoms with van der Waals surface area (Å²) in [5.74, 6) is 0.439. The number of phenolic OH excluding ortho intramolecular Hbond substituents is 2. The number of phenols is 2. The van der Waals surface area contributed by atoms with E-state index in [4.69, 9.17) is 4.74 Å². The zero-order valence-corrected chi connectivity index (χ0v) is 11.0. The molecule has 3 heteroatoms. The minimum atomic E-state index is 0.0414. The minimum absolute atomic E-state index is 0.0414. The maximum Gasteiger partial charge on any atom is 0.172 e. The second-order valence-corrected chi connectivity index (χ2v) is 4.52. The fraction of sp³-hybridized carbons (Fsp3) is 0.0588. The summed E-state index contributed by atoms with van der Waals surface area (Å²) in [6, 6.07) is 16.5. The summed E-state index contributed by atoms with van der Waals surface area (Å²) < 4.78 is 5.31. The lowest BCUT2D eigenvalue weighted by Gasteiger charge is -2.15. The smallest absolute Gasteiger partial charge is 0.172 e. The summed E-state index contributed by atoms with van der Waals surface area (Å²) in [4.78, 5) is 0. The summed E-state index contributed by atoms with van der Waals surface area (Å²) in [5, 5.41) is 22.1. The third-order valence-electron chi connectivity index (χ3n) is 3.38. The van der Waals surface area contributed by atoms with Gasteiger partial charge in [0.2, 0.25) is 0 Å². The molecule has 3 aromatic carbocycles. The van der Waals surface area contributed by atoms with Gasteiger partial charge in [-0.2, -0.15) is 0 Å². The molecule has 0 unspecified atom stereocenters. The summed E-state index contributed by atoms with van der Waals surface area (Å²) in [5.41, 5.74) is 1.30. The van der Waals surface area contributed by atoms with Crippen LogP contribution in [0.3, 0.4) is 0 Å². The summed E-state index contributed by atoms with van der Waals surface area (Å²) in [7, 11) is 1.48. The predicted molar refractivity (Wildman–Crippen MR) is 79.3 cm³/mol. The Hall–Kier alpha value is -2.68. The Labute approximate surface area is 116 Å². The molecule has 0 aliphatic carbocycles. The van der Waals surface area contributed by atoms with Crippen LogP contribution in [0.1, 0.15) is 0 Å². The lowest BCUT2D eigenvalue weighted by Crippen LogP contribution is -1.91. The van der Waals surface area contributed by atoms with E-state index in [2.05, 4.69) is 0 Å². The van der Waals surface area contributed by atoms with Gasteiger partial charge in [-0.15, -0.1) is 0 Å².